The number of anilines is 1. The van der Waals surface area contributed by atoms with Crippen molar-refractivity contribution in [3.63, 3.8) is 0 Å². The van der Waals surface area contributed by atoms with Crippen LogP contribution in [0.25, 0.3) is 0 Å². The molecule has 1 atom stereocenters. The van der Waals surface area contributed by atoms with E-state index in [1.54, 1.807) is 7.11 Å². The highest BCUT2D eigenvalue weighted by Crippen LogP contribution is 2.34. The van der Waals surface area contributed by atoms with Crippen LogP contribution < -0.4 is 20.3 Å². The van der Waals surface area contributed by atoms with Crippen LogP contribution in [0.4, 0.5) is 5.69 Å². The van der Waals surface area contributed by atoms with Gasteiger partial charge in [-0.25, -0.2) is 0 Å². The van der Waals surface area contributed by atoms with E-state index in [1.165, 1.54) is 5.69 Å². The average molecular weight is 535 g/mol. The van der Waals surface area contributed by atoms with Crippen LogP contribution in [-0.4, -0.2) is 69.5 Å². The Labute approximate surface area is 196 Å². The zero-order chi connectivity index (χ0) is 19.8. The summed E-state index contributed by atoms with van der Waals surface area (Å²) in [6.07, 6.45) is 5.43. The molecule has 2 aliphatic heterocycles. The predicted octanol–water partition coefficient (Wildman–Crippen LogP) is 3.36. The second-order valence-corrected chi connectivity index (χ2v) is 8.72. The first-order chi connectivity index (χ1) is 13.7. The Morgan fingerprint density at radius 2 is 2.10 bits per heavy atom. The molecule has 8 heteroatoms. The molecule has 164 valence electrons. The molecule has 2 heterocycles. The first-order valence-electron chi connectivity index (χ1n) is 10.3. The molecule has 0 bridgehead atoms. The third-order valence-electron chi connectivity index (χ3n) is 5.66. The number of hydrogen-bond acceptors (Lipinski definition) is 5. The molecule has 1 aromatic carbocycles. The van der Waals surface area contributed by atoms with Crippen LogP contribution in [0, 0.1) is 0 Å². The van der Waals surface area contributed by atoms with E-state index in [4.69, 9.17) is 14.5 Å². The average Bonchev–Trinajstić information content (AvgIpc) is 3.21. The van der Waals surface area contributed by atoms with Gasteiger partial charge in [0.25, 0.3) is 0 Å². The van der Waals surface area contributed by atoms with Gasteiger partial charge in [0.15, 0.2) is 5.96 Å². The minimum absolute atomic E-state index is 0. The Hall–Kier alpha value is -0.870. The fourth-order valence-electron chi connectivity index (χ4n) is 3.89. The van der Waals surface area contributed by atoms with Gasteiger partial charge in [-0.3, -0.25) is 4.99 Å². The van der Waals surface area contributed by atoms with E-state index in [9.17, 15) is 0 Å². The van der Waals surface area contributed by atoms with Crippen LogP contribution >= 0.6 is 35.7 Å². The number of rotatable bonds is 7. The van der Waals surface area contributed by atoms with Crippen LogP contribution in [0.3, 0.4) is 0 Å². The second-order valence-electron chi connectivity index (χ2n) is 7.44. The van der Waals surface area contributed by atoms with Gasteiger partial charge in [-0.15, -0.1) is 24.0 Å². The first kappa shape index (κ1) is 24.4. The van der Waals surface area contributed by atoms with Gasteiger partial charge in [0.1, 0.15) is 5.75 Å². The van der Waals surface area contributed by atoms with Crippen molar-refractivity contribution in [2.24, 2.45) is 4.99 Å². The SMILES string of the molecule is CCNC(=NCC1(SC)CCOCC1)NC1CCN(c2ccccc2OC)C1.I. The zero-order valence-corrected chi connectivity index (χ0v) is 20.9. The topological polar surface area (TPSA) is 58.1 Å². The van der Waals surface area contributed by atoms with Gasteiger partial charge in [-0.2, -0.15) is 11.8 Å². The molecule has 29 heavy (non-hydrogen) atoms. The lowest BCUT2D eigenvalue weighted by atomic mass is 9.99. The van der Waals surface area contributed by atoms with E-state index >= 15 is 0 Å². The smallest absolute Gasteiger partial charge is 0.191 e. The molecule has 0 aromatic heterocycles. The minimum Gasteiger partial charge on any atom is -0.495 e. The number of nitrogens with zero attached hydrogens (tertiary/aromatic N) is 2. The fraction of sp³-hybridized carbons (Fsp3) is 0.667. The van der Waals surface area contributed by atoms with E-state index < -0.39 is 0 Å². The molecule has 6 nitrogen and oxygen atoms in total. The minimum atomic E-state index is 0. The highest BCUT2D eigenvalue weighted by molar-refractivity contribution is 14.0. The molecular weight excluding hydrogens is 499 g/mol. The maximum absolute atomic E-state index is 5.55. The third kappa shape index (κ3) is 6.55. The molecule has 2 N–H and O–H groups in total. The van der Waals surface area contributed by atoms with Crippen LogP contribution in [0.2, 0.25) is 0 Å². The Balaban J connectivity index is 0.00000300. The van der Waals surface area contributed by atoms with Crippen molar-refractivity contribution in [3.05, 3.63) is 24.3 Å². The second kappa shape index (κ2) is 12.1. The molecule has 0 saturated carbocycles. The summed E-state index contributed by atoms with van der Waals surface area (Å²) in [6, 6.07) is 8.62. The summed E-state index contributed by atoms with van der Waals surface area (Å²) in [5.41, 5.74) is 1.17. The molecule has 2 fully saturated rings. The quantitative estimate of drug-likeness (QED) is 0.318. The Kier molecular flexibility index (Phi) is 10.2. The number of halogens is 1. The Bertz CT molecular complexity index is 655. The number of benzene rings is 1. The maximum Gasteiger partial charge on any atom is 0.191 e. The monoisotopic (exact) mass is 534 g/mol. The van der Waals surface area contributed by atoms with Crippen molar-refractivity contribution in [1.29, 1.82) is 0 Å². The molecule has 0 radical (unpaired) electrons. The van der Waals surface area contributed by atoms with E-state index in [0.29, 0.717) is 6.04 Å². The standard InChI is InChI=1S/C21H34N4O2S.HI/c1-4-22-20(23-16-21(28-3)10-13-27-14-11-21)24-17-9-12-25(15-17)18-7-5-6-8-19(18)26-2;/h5-8,17H,4,9-16H2,1-3H3,(H2,22,23,24);1H. The first-order valence-corrected chi connectivity index (χ1v) is 11.5. The van der Waals surface area contributed by atoms with Crippen molar-refractivity contribution < 1.29 is 9.47 Å². The molecule has 0 amide bonds. The van der Waals surface area contributed by atoms with E-state index in [0.717, 1.165) is 70.4 Å². The van der Waals surface area contributed by atoms with Crippen molar-refractivity contribution in [1.82, 2.24) is 10.6 Å². The molecular formula is C21H35IN4O2S. The molecule has 2 saturated heterocycles. The third-order valence-corrected chi connectivity index (χ3v) is 7.06. The van der Waals surface area contributed by atoms with Gasteiger partial charge in [0.05, 0.1) is 19.3 Å². The van der Waals surface area contributed by atoms with Crippen LogP contribution in [0.1, 0.15) is 26.2 Å². The number of guanidine groups is 1. The summed E-state index contributed by atoms with van der Waals surface area (Å²) in [6.45, 7) is 7.47. The summed E-state index contributed by atoms with van der Waals surface area (Å²) in [5.74, 6) is 1.86. The van der Waals surface area contributed by atoms with E-state index in [2.05, 4.69) is 40.8 Å². The normalized spacial score (nSPS) is 21.4. The van der Waals surface area contributed by atoms with E-state index in [1.807, 2.05) is 23.9 Å². The van der Waals surface area contributed by atoms with Gasteiger partial charge in [-0.05, 0) is 44.6 Å². The number of aliphatic imine (C=N–C) groups is 1. The van der Waals surface area contributed by atoms with Gasteiger partial charge < -0.3 is 25.0 Å². The van der Waals surface area contributed by atoms with Crippen molar-refractivity contribution in [2.45, 2.75) is 37.0 Å². The number of methoxy groups -OCH3 is 1. The van der Waals surface area contributed by atoms with Crippen LogP contribution in [-0.2, 0) is 4.74 Å². The van der Waals surface area contributed by atoms with Crippen molar-refractivity contribution >= 4 is 47.4 Å². The maximum atomic E-state index is 5.55. The Morgan fingerprint density at radius 3 is 2.79 bits per heavy atom. The summed E-state index contributed by atoms with van der Waals surface area (Å²) < 4.78 is 11.3. The Morgan fingerprint density at radius 1 is 1.34 bits per heavy atom. The molecule has 2 aliphatic rings. The number of nitrogens with one attached hydrogen (secondary N) is 2. The number of hydrogen-bond donors (Lipinski definition) is 2. The van der Waals surface area contributed by atoms with Gasteiger partial charge >= 0.3 is 0 Å². The molecule has 3 rings (SSSR count). The molecule has 1 unspecified atom stereocenters. The zero-order valence-electron chi connectivity index (χ0n) is 17.8. The lowest BCUT2D eigenvalue weighted by Gasteiger charge is -2.34. The lowest BCUT2D eigenvalue weighted by Crippen LogP contribution is -2.46. The molecule has 1 aromatic rings. The lowest BCUT2D eigenvalue weighted by molar-refractivity contribution is 0.0794. The summed E-state index contributed by atoms with van der Waals surface area (Å²) in [4.78, 5) is 7.34. The highest BCUT2D eigenvalue weighted by atomic mass is 127. The van der Waals surface area contributed by atoms with Gasteiger partial charge in [-0.1, -0.05) is 12.1 Å². The fourth-order valence-corrected chi connectivity index (χ4v) is 4.66. The summed E-state index contributed by atoms with van der Waals surface area (Å²) >= 11 is 1.93. The van der Waals surface area contributed by atoms with Crippen molar-refractivity contribution in [3.8, 4) is 5.75 Å². The largest absolute Gasteiger partial charge is 0.495 e. The highest BCUT2D eigenvalue weighted by Gasteiger charge is 2.32. The van der Waals surface area contributed by atoms with Gasteiger partial charge in [0, 0.05) is 43.6 Å². The summed E-state index contributed by atoms with van der Waals surface area (Å²) in [7, 11) is 1.73. The van der Waals surface area contributed by atoms with Crippen LogP contribution in [0.5, 0.6) is 5.75 Å². The van der Waals surface area contributed by atoms with Gasteiger partial charge in [0.2, 0.25) is 0 Å². The number of para-hydroxylation sites is 2. The van der Waals surface area contributed by atoms with Crippen LogP contribution in [0.15, 0.2) is 29.3 Å². The summed E-state index contributed by atoms with van der Waals surface area (Å²) in [5, 5.41) is 7.07. The van der Waals surface area contributed by atoms with E-state index in [-0.39, 0.29) is 28.7 Å². The number of ether oxygens (including phenoxy) is 2. The predicted molar refractivity (Wildman–Crippen MR) is 134 cm³/mol. The molecule has 0 aliphatic carbocycles. The molecule has 0 spiro atoms. The number of thioether (sulfide) groups is 1. The van der Waals surface area contributed by atoms with Crippen molar-refractivity contribution in [2.75, 3.05) is 57.7 Å².